The summed E-state index contributed by atoms with van der Waals surface area (Å²) in [7, 11) is 3.97. The van der Waals surface area contributed by atoms with Crippen molar-refractivity contribution < 1.29 is 38.3 Å². The molecule has 0 N–H and O–H groups in total. The van der Waals surface area contributed by atoms with Gasteiger partial charge in [-0.1, -0.05) is 24.3 Å². The Hall–Kier alpha value is -2.07. The molecule has 0 spiro atoms. The maximum absolute atomic E-state index is 10.8. The maximum atomic E-state index is 10.8. The highest BCUT2D eigenvalue weighted by Gasteiger charge is 2.19. The normalized spacial score (nSPS) is 10.8. The van der Waals surface area contributed by atoms with Gasteiger partial charge in [0.2, 0.25) is 0 Å². The van der Waals surface area contributed by atoms with Crippen molar-refractivity contribution in [3.63, 3.8) is 0 Å². The van der Waals surface area contributed by atoms with E-state index in [1.807, 2.05) is 26.2 Å². The number of non-ortho nitro benzene ring substituents is 2. The summed E-state index contributed by atoms with van der Waals surface area (Å²) in [4.78, 5) is 20.9. The van der Waals surface area contributed by atoms with Gasteiger partial charge >= 0.3 is 0 Å². The molecule has 0 saturated carbocycles. The van der Waals surface area contributed by atoms with Gasteiger partial charge in [-0.25, -0.2) is 0 Å². The lowest BCUT2D eigenvalue weighted by molar-refractivity contribution is -0.916. The second kappa shape index (κ2) is 8.15. The second-order valence-electron chi connectivity index (χ2n) is 6.11. The van der Waals surface area contributed by atoms with Crippen molar-refractivity contribution in [3.05, 3.63) is 79.9 Å². The van der Waals surface area contributed by atoms with Crippen LogP contribution in [0.1, 0.15) is 11.1 Å². The van der Waals surface area contributed by atoms with E-state index in [-0.39, 0.29) is 35.4 Å². The Kier molecular flexibility index (Phi) is 6.79. The van der Waals surface area contributed by atoms with E-state index in [0.29, 0.717) is 17.6 Å². The van der Waals surface area contributed by atoms with Gasteiger partial charge in [0.05, 0.1) is 23.9 Å². The average Bonchev–Trinajstić information content (AvgIpc) is 2.46. The van der Waals surface area contributed by atoms with Crippen LogP contribution >= 0.6 is 0 Å². The van der Waals surface area contributed by atoms with Gasteiger partial charge in [-0.3, -0.25) is 20.2 Å². The van der Waals surface area contributed by atoms with Crippen LogP contribution in [0.4, 0.5) is 11.4 Å². The van der Waals surface area contributed by atoms with E-state index >= 15 is 0 Å². The molecule has 2 aromatic carbocycles. The molecule has 0 atom stereocenters. The molecule has 24 heavy (non-hydrogen) atoms. The molecular weight excluding hydrogens is 425 g/mol. The number of nitro groups is 2. The van der Waals surface area contributed by atoms with Crippen LogP contribution in [0.15, 0.2) is 48.5 Å². The fourth-order valence-electron chi connectivity index (χ4n) is 2.58. The highest BCUT2D eigenvalue weighted by atomic mass is 127. The van der Waals surface area contributed by atoms with E-state index in [1.165, 1.54) is 12.1 Å². The number of hydrogen-bond donors (Lipinski definition) is 0. The zero-order valence-corrected chi connectivity index (χ0v) is 15.5. The SMILES string of the molecule is C[N+](C)(Cc1cccc([N+](=O)[O-])c1)Cc1cccc([N+](=O)[O-])c1.[I-]. The molecule has 0 bridgehead atoms. The summed E-state index contributed by atoms with van der Waals surface area (Å²) in [6.07, 6.45) is 0. The molecule has 0 aliphatic rings. The number of nitrogens with zero attached hydrogens (tertiary/aromatic N) is 3. The summed E-state index contributed by atoms with van der Waals surface area (Å²) < 4.78 is 0.530. The molecule has 0 fully saturated rings. The summed E-state index contributed by atoms with van der Waals surface area (Å²) in [5.74, 6) is 0. The molecule has 2 rings (SSSR count). The Labute approximate surface area is 156 Å². The molecule has 0 aromatic heterocycles. The van der Waals surface area contributed by atoms with E-state index < -0.39 is 9.85 Å². The standard InChI is InChI=1S/C16H18N3O4.HI/c1-19(2,11-13-5-3-7-15(9-13)17(20)21)12-14-6-4-8-16(10-14)18(22)23;/h3-10H,11-12H2,1-2H3;1H/q+1;/p-1. The summed E-state index contributed by atoms with van der Waals surface area (Å²) >= 11 is 0. The van der Waals surface area contributed by atoms with Gasteiger partial charge in [-0.15, -0.1) is 0 Å². The lowest BCUT2D eigenvalue weighted by Gasteiger charge is -2.30. The monoisotopic (exact) mass is 443 g/mol. The summed E-state index contributed by atoms with van der Waals surface area (Å²) in [6, 6.07) is 13.1. The summed E-state index contributed by atoms with van der Waals surface area (Å²) in [5.41, 5.74) is 1.85. The third kappa shape index (κ3) is 5.53. The van der Waals surface area contributed by atoms with Crippen LogP contribution in [0.25, 0.3) is 0 Å². The molecule has 0 aliphatic carbocycles. The van der Waals surface area contributed by atoms with Crippen LogP contribution in [0.2, 0.25) is 0 Å². The first-order chi connectivity index (χ1) is 10.8. The molecule has 0 amide bonds. The van der Waals surface area contributed by atoms with Crippen LogP contribution in [0.5, 0.6) is 0 Å². The molecule has 8 heteroatoms. The zero-order valence-electron chi connectivity index (χ0n) is 13.4. The van der Waals surface area contributed by atoms with Gasteiger partial charge < -0.3 is 28.5 Å². The Balaban J connectivity index is 0.00000288. The maximum Gasteiger partial charge on any atom is 0.269 e. The Morgan fingerprint density at radius 3 is 1.54 bits per heavy atom. The number of halogens is 1. The first-order valence-electron chi connectivity index (χ1n) is 7.05. The van der Waals surface area contributed by atoms with Crippen LogP contribution in [0, 0.1) is 20.2 Å². The van der Waals surface area contributed by atoms with Crippen molar-refractivity contribution in [2.45, 2.75) is 13.1 Å². The van der Waals surface area contributed by atoms with Gasteiger partial charge in [0, 0.05) is 35.4 Å². The number of benzene rings is 2. The Morgan fingerprint density at radius 2 is 1.21 bits per heavy atom. The van der Waals surface area contributed by atoms with Crippen LogP contribution in [-0.2, 0) is 13.1 Å². The van der Waals surface area contributed by atoms with Gasteiger partial charge in [-0.2, -0.15) is 0 Å². The third-order valence-electron chi connectivity index (χ3n) is 3.46. The van der Waals surface area contributed by atoms with Gasteiger partial charge in [0.1, 0.15) is 13.1 Å². The molecule has 7 nitrogen and oxygen atoms in total. The van der Waals surface area contributed by atoms with Crippen LogP contribution < -0.4 is 24.0 Å². The number of quaternary nitrogens is 1. The number of nitro benzene ring substituents is 2. The predicted molar refractivity (Wildman–Crippen MR) is 85.7 cm³/mol. The Bertz CT molecular complexity index is 688. The lowest BCUT2D eigenvalue weighted by atomic mass is 10.1. The largest absolute Gasteiger partial charge is 1.00 e. The molecule has 0 aliphatic heterocycles. The van der Waals surface area contributed by atoms with E-state index in [4.69, 9.17) is 0 Å². The van der Waals surface area contributed by atoms with Crippen molar-refractivity contribution in [2.75, 3.05) is 14.1 Å². The first kappa shape index (κ1) is 20.0. The fourth-order valence-corrected chi connectivity index (χ4v) is 2.58. The predicted octanol–water partition coefficient (Wildman–Crippen LogP) is 0.284. The van der Waals surface area contributed by atoms with E-state index in [1.54, 1.807) is 24.3 Å². The quantitative estimate of drug-likeness (QED) is 0.278. The smallest absolute Gasteiger partial charge is 0.269 e. The minimum atomic E-state index is -0.413. The molecular formula is C16H18IN3O4. The first-order valence-corrected chi connectivity index (χ1v) is 7.05. The lowest BCUT2D eigenvalue weighted by Crippen LogP contribution is -3.00. The summed E-state index contributed by atoms with van der Waals surface area (Å²) in [6.45, 7) is 1.18. The zero-order chi connectivity index (χ0) is 17.0. The van der Waals surface area contributed by atoms with Gasteiger partial charge in [0.25, 0.3) is 11.4 Å². The van der Waals surface area contributed by atoms with Gasteiger partial charge in [-0.05, 0) is 0 Å². The fraction of sp³-hybridized carbons (Fsp3) is 0.250. The van der Waals surface area contributed by atoms with E-state index in [2.05, 4.69) is 0 Å². The molecule has 0 radical (unpaired) electrons. The third-order valence-corrected chi connectivity index (χ3v) is 3.46. The highest BCUT2D eigenvalue weighted by molar-refractivity contribution is 5.35. The minimum Gasteiger partial charge on any atom is -1.00 e. The molecule has 0 unspecified atom stereocenters. The van der Waals surface area contributed by atoms with Crippen LogP contribution in [0.3, 0.4) is 0 Å². The average molecular weight is 443 g/mol. The number of rotatable bonds is 6. The summed E-state index contributed by atoms with van der Waals surface area (Å²) in [5, 5.41) is 21.7. The van der Waals surface area contributed by atoms with Crippen molar-refractivity contribution in [3.8, 4) is 0 Å². The second-order valence-corrected chi connectivity index (χ2v) is 6.11. The van der Waals surface area contributed by atoms with Crippen LogP contribution in [-0.4, -0.2) is 28.4 Å². The number of hydrogen-bond acceptors (Lipinski definition) is 4. The Morgan fingerprint density at radius 1 is 0.833 bits per heavy atom. The molecule has 128 valence electrons. The van der Waals surface area contributed by atoms with Crippen molar-refractivity contribution >= 4 is 11.4 Å². The van der Waals surface area contributed by atoms with Crippen molar-refractivity contribution in [2.24, 2.45) is 0 Å². The molecule has 2 aromatic rings. The molecule has 0 heterocycles. The topological polar surface area (TPSA) is 86.3 Å². The minimum absolute atomic E-state index is 0. The highest BCUT2D eigenvalue weighted by Crippen LogP contribution is 2.20. The molecule has 0 saturated heterocycles. The van der Waals surface area contributed by atoms with E-state index in [9.17, 15) is 20.2 Å². The van der Waals surface area contributed by atoms with Crippen molar-refractivity contribution in [1.29, 1.82) is 0 Å². The van der Waals surface area contributed by atoms with Crippen molar-refractivity contribution in [1.82, 2.24) is 0 Å². The van der Waals surface area contributed by atoms with E-state index in [0.717, 1.165) is 11.1 Å². The van der Waals surface area contributed by atoms with Gasteiger partial charge in [0.15, 0.2) is 0 Å².